The van der Waals surface area contributed by atoms with Gasteiger partial charge in [-0.1, -0.05) is 36.8 Å². The minimum absolute atomic E-state index is 0.0291. The Hall–Kier alpha value is -3.53. The van der Waals surface area contributed by atoms with Gasteiger partial charge in [-0.25, -0.2) is 0 Å². The van der Waals surface area contributed by atoms with Crippen LogP contribution in [-0.2, 0) is 23.9 Å². The van der Waals surface area contributed by atoms with Crippen LogP contribution in [0, 0.1) is 5.92 Å². The molecule has 7 nitrogen and oxygen atoms in total. The summed E-state index contributed by atoms with van der Waals surface area (Å²) in [6.45, 7) is 0.303. The maximum absolute atomic E-state index is 13.1. The van der Waals surface area contributed by atoms with E-state index in [2.05, 4.69) is 10.9 Å². The predicted molar refractivity (Wildman–Crippen MR) is 127 cm³/mol. The van der Waals surface area contributed by atoms with Gasteiger partial charge < -0.3 is 16.0 Å². The second-order valence-electron chi connectivity index (χ2n) is 8.94. The minimum atomic E-state index is -4.40. The average Bonchev–Trinajstić information content (AvgIpc) is 3.12. The van der Waals surface area contributed by atoms with E-state index in [0.29, 0.717) is 42.3 Å². The lowest BCUT2D eigenvalue weighted by Crippen LogP contribution is -2.47. The Balaban J connectivity index is 1.52. The average molecular weight is 488 g/mol. The summed E-state index contributed by atoms with van der Waals surface area (Å²) in [5.41, 5.74) is 18.4. The van der Waals surface area contributed by atoms with Gasteiger partial charge in [0.25, 0.3) is 5.91 Å². The van der Waals surface area contributed by atoms with Gasteiger partial charge in [0.1, 0.15) is 5.69 Å². The molecular weight excluding hydrogens is 459 g/mol. The van der Waals surface area contributed by atoms with Crippen molar-refractivity contribution in [1.82, 2.24) is 15.4 Å². The number of fused-ring (bicyclic) bond motifs is 1. The van der Waals surface area contributed by atoms with E-state index >= 15 is 0 Å². The third kappa shape index (κ3) is 5.43. The Morgan fingerprint density at radius 3 is 2.43 bits per heavy atom. The van der Waals surface area contributed by atoms with Crippen LogP contribution in [-0.4, -0.2) is 22.4 Å². The number of aryl methyl sites for hydroxylation is 2. The number of para-hydroxylation sites is 1. The first-order valence-corrected chi connectivity index (χ1v) is 11.5. The molecule has 1 fully saturated rings. The number of anilines is 1. The molecule has 0 bridgehead atoms. The Bertz CT molecular complexity index is 1220. The van der Waals surface area contributed by atoms with Gasteiger partial charge in [0.05, 0.1) is 16.8 Å². The lowest BCUT2D eigenvalue weighted by atomic mass is 9.86. The highest BCUT2D eigenvalue weighted by Gasteiger charge is 2.30. The molecule has 186 valence electrons. The summed E-state index contributed by atoms with van der Waals surface area (Å²) in [5.74, 6) is -1.12. The molecule has 0 spiro atoms. The number of nitrogens with zero attached hydrogens (tertiary/aromatic N) is 1. The van der Waals surface area contributed by atoms with E-state index in [0.717, 1.165) is 25.0 Å². The Morgan fingerprint density at radius 1 is 1.03 bits per heavy atom. The molecule has 0 aliphatic heterocycles. The summed E-state index contributed by atoms with van der Waals surface area (Å²) in [4.78, 5) is 25.6. The summed E-state index contributed by atoms with van der Waals surface area (Å²) in [5, 5.41) is 0.676. The monoisotopic (exact) mass is 487 g/mol. The van der Waals surface area contributed by atoms with Crippen molar-refractivity contribution >= 4 is 28.4 Å². The number of hydrazine groups is 1. The third-order valence-electron chi connectivity index (χ3n) is 6.52. The third-order valence-corrected chi connectivity index (χ3v) is 6.52. The van der Waals surface area contributed by atoms with Crippen LogP contribution in [0.25, 0.3) is 10.9 Å². The van der Waals surface area contributed by atoms with Gasteiger partial charge in [-0.05, 0) is 49.4 Å². The van der Waals surface area contributed by atoms with Crippen molar-refractivity contribution in [2.24, 2.45) is 11.7 Å². The summed E-state index contributed by atoms with van der Waals surface area (Å²) < 4.78 is 40.3. The van der Waals surface area contributed by atoms with Crippen molar-refractivity contribution < 1.29 is 22.8 Å². The van der Waals surface area contributed by atoms with Gasteiger partial charge in [-0.3, -0.25) is 20.4 Å². The molecule has 10 heteroatoms. The molecule has 1 aliphatic carbocycles. The van der Waals surface area contributed by atoms with E-state index in [1.54, 1.807) is 16.7 Å². The number of aromatic nitrogens is 1. The molecule has 35 heavy (non-hydrogen) atoms. The fourth-order valence-corrected chi connectivity index (χ4v) is 4.65. The molecule has 0 saturated heterocycles. The number of hydrogen-bond acceptors (Lipinski definition) is 4. The number of nitrogens with two attached hydrogens (primary N) is 2. The van der Waals surface area contributed by atoms with E-state index in [1.807, 2.05) is 12.1 Å². The summed E-state index contributed by atoms with van der Waals surface area (Å²) in [6.07, 6.45) is -1.00. The molecule has 6 N–H and O–H groups in total. The minimum Gasteiger partial charge on any atom is -0.396 e. The number of alkyl halides is 3. The Morgan fingerprint density at radius 2 is 1.74 bits per heavy atom. The fourth-order valence-electron chi connectivity index (χ4n) is 4.65. The largest absolute Gasteiger partial charge is 0.416 e. The van der Waals surface area contributed by atoms with Crippen LogP contribution in [0.15, 0.2) is 48.5 Å². The maximum Gasteiger partial charge on any atom is 0.416 e. The van der Waals surface area contributed by atoms with Gasteiger partial charge in [0, 0.05) is 23.9 Å². The van der Waals surface area contributed by atoms with E-state index in [1.165, 1.54) is 12.1 Å². The second kappa shape index (κ2) is 9.99. The molecule has 1 saturated carbocycles. The quantitative estimate of drug-likeness (QED) is 0.410. The molecule has 1 aliphatic rings. The number of halogens is 3. The molecule has 0 radical (unpaired) electrons. The standard InChI is InChI=1S/C25H28F3N5O2/c26-25(27,28)17-10-8-15(9-11-17)12-13-33-20-7-2-1-6-19(20)21(30)22(33)24(35)32-31-23(34)16-4-3-5-18(29)14-16/h1-2,6-11,16,18H,3-5,12-14,29-30H2,(H,31,34)(H,32,35)/t16?,18-/m1/s1. The normalized spacial score (nSPS) is 18.4. The highest BCUT2D eigenvalue weighted by molar-refractivity contribution is 6.08. The SMILES string of the molecule is Nc1c(C(=O)NNC(=O)C2CCC[C@@H](N)C2)n(CCc2ccc(C(F)(F)F)cc2)c2ccccc12. The molecule has 1 aromatic heterocycles. The van der Waals surface area contributed by atoms with Gasteiger partial charge in [0.15, 0.2) is 0 Å². The molecular formula is C25H28F3N5O2. The highest BCUT2D eigenvalue weighted by atomic mass is 19.4. The van der Waals surface area contributed by atoms with Gasteiger partial charge >= 0.3 is 6.18 Å². The zero-order valence-electron chi connectivity index (χ0n) is 19.1. The van der Waals surface area contributed by atoms with Gasteiger partial charge in [-0.2, -0.15) is 13.2 Å². The van der Waals surface area contributed by atoms with Crippen molar-refractivity contribution in [2.75, 3.05) is 5.73 Å². The zero-order chi connectivity index (χ0) is 25.2. The van der Waals surface area contributed by atoms with Crippen molar-refractivity contribution in [3.8, 4) is 0 Å². The van der Waals surface area contributed by atoms with Crippen LogP contribution in [0.5, 0.6) is 0 Å². The Labute approximate surface area is 200 Å². The van der Waals surface area contributed by atoms with E-state index < -0.39 is 17.6 Å². The van der Waals surface area contributed by atoms with Gasteiger partial charge in [0.2, 0.25) is 5.91 Å². The van der Waals surface area contributed by atoms with Crippen LogP contribution in [0.4, 0.5) is 18.9 Å². The van der Waals surface area contributed by atoms with Crippen molar-refractivity contribution in [2.45, 2.75) is 50.9 Å². The molecule has 3 aromatic rings. The van der Waals surface area contributed by atoms with Crippen molar-refractivity contribution in [3.63, 3.8) is 0 Å². The number of benzene rings is 2. The number of nitrogen functional groups attached to an aromatic ring is 1. The van der Waals surface area contributed by atoms with E-state index in [9.17, 15) is 22.8 Å². The molecule has 2 amide bonds. The van der Waals surface area contributed by atoms with E-state index in [-0.39, 0.29) is 29.2 Å². The molecule has 1 unspecified atom stereocenters. The van der Waals surface area contributed by atoms with Crippen molar-refractivity contribution in [1.29, 1.82) is 0 Å². The van der Waals surface area contributed by atoms with E-state index in [4.69, 9.17) is 11.5 Å². The topological polar surface area (TPSA) is 115 Å². The van der Waals surface area contributed by atoms with Crippen LogP contribution < -0.4 is 22.3 Å². The number of carbonyl (C=O) groups is 2. The molecule has 4 rings (SSSR count). The predicted octanol–water partition coefficient (Wildman–Crippen LogP) is 3.76. The number of hydrogen-bond donors (Lipinski definition) is 4. The summed E-state index contributed by atoms with van der Waals surface area (Å²) >= 11 is 0. The summed E-state index contributed by atoms with van der Waals surface area (Å²) in [7, 11) is 0. The number of carbonyl (C=O) groups excluding carboxylic acids is 2. The number of nitrogens with one attached hydrogen (secondary N) is 2. The van der Waals surface area contributed by atoms with Crippen LogP contribution >= 0.6 is 0 Å². The lowest BCUT2D eigenvalue weighted by molar-refractivity contribution is -0.137. The first-order chi connectivity index (χ1) is 16.6. The lowest BCUT2D eigenvalue weighted by Gasteiger charge is -2.25. The maximum atomic E-state index is 13.1. The second-order valence-corrected chi connectivity index (χ2v) is 8.94. The van der Waals surface area contributed by atoms with Crippen LogP contribution in [0.2, 0.25) is 0 Å². The zero-order valence-corrected chi connectivity index (χ0v) is 19.1. The van der Waals surface area contributed by atoms with Crippen molar-refractivity contribution in [3.05, 3.63) is 65.4 Å². The fraction of sp³-hybridized carbons (Fsp3) is 0.360. The number of rotatable bonds is 5. The highest BCUT2D eigenvalue weighted by Crippen LogP contribution is 2.31. The number of amides is 2. The molecule has 2 aromatic carbocycles. The summed E-state index contributed by atoms with van der Waals surface area (Å²) in [6, 6.07) is 12.1. The molecule has 2 atom stereocenters. The first kappa shape index (κ1) is 24.6. The first-order valence-electron chi connectivity index (χ1n) is 11.5. The van der Waals surface area contributed by atoms with Crippen LogP contribution in [0.1, 0.15) is 47.3 Å². The smallest absolute Gasteiger partial charge is 0.396 e. The van der Waals surface area contributed by atoms with Crippen LogP contribution in [0.3, 0.4) is 0 Å². The van der Waals surface area contributed by atoms with Gasteiger partial charge in [-0.15, -0.1) is 0 Å². The molecule has 1 heterocycles. The Kier molecular flexibility index (Phi) is 7.02.